The lowest BCUT2D eigenvalue weighted by Gasteiger charge is -2.20. The topological polar surface area (TPSA) is 52.6 Å². The molecule has 0 aliphatic heterocycles. The summed E-state index contributed by atoms with van der Waals surface area (Å²) in [4.78, 5) is 23.9. The Labute approximate surface area is 126 Å². The van der Waals surface area contributed by atoms with Crippen molar-refractivity contribution in [3.05, 3.63) is 34.9 Å². The molecule has 0 radical (unpaired) electrons. The van der Waals surface area contributed by atoms with Gasteiger partial charge in [0.25, 0.3) is 0 Å². The Morgan fingerprint density at radius 2 is 1.76 bits per heavy atom. The third-order valence-electron chi connectivity index (χ3n) is 2.63. The van der Waals surface area contributed by atoms with Crippen LogP contribution in [0, 0.1) is 12.8 Å². The van der Waals surface area contributed by atoms with Gasteiger partial charge in [0.1, 0.15) is 5.60 Å². The van der Waals surface area contributed by atoms with Crippen LogP contribution in [0.3, 0.4) is 0 Å². The van der Waals surface area contributed by atoms with Gasteiger partial charge in [0.05, 0.1) is 17.7 Å². The lowest BCUT2D eigenvalue weighted by atomic mass is 10.0. The summed E-state index contributed by atoms with van der Waals surface area (Å²) in [5.74, 6) is -0.472. The molecule has 4 heteroatoms. The van der Waals surface area contributed by atoms with Crippen molar-refractivity contribution in [3.63, 3.8) is 0 Å². The second-order valence-electron chi connectivity index (χ2n) is 6.52. The van der Waals surface area contributed by atoms with E-state index in [-0.39, 0.29) is 17.9 Å². The number of esters is 2. The van der Waals surface area contributed by atoms with Gasteiger partial charge in [-0.2, -0.15) is 0 Å². The van der Waals surface area contributed by atoms with Crippen LogP contribution in [0.15, 0.2) is 18.2 Å². The Balaban J connectivity index is 2.85. The van der Waals surface area contributed by atoms with Crippen LogP contribution in [-0.4, -0.2) is 24.1 Å². The van der Waals surface area contributed by atoms with E-state index in [9.17, 15) is 9.59 Å². The Morgan fingerprint density at radius 1 is 1.14 bits per heavy atom. The predicted molar refractivity (Wildman–Crippen MR) is 81.5 cm³/mol. The van der Waals surface area contributed by atoms with Crippen LogP contribution in [0.1, 0.15) is 60.9 Å². The van der Waals surface area contributed by atoms with E-state index in [0.717, 1.165) is 0 Å². The number of benzene rings is 1. The largest absolute Gasteiger partial charge is 0.462 e. The van der Waals surface area contributed by atoms with E-state index in [1.807, 2.05) is 34.6 Å². The monoisotopic (exact) mass is 292 g/mol. The molecular weight excluding hydrogens is 268 g/mol. The molecule has 0 aromatic heterocycles. The maximum atomic E-state index is 12.0. The van der Waals surface area contributed by atoms with E-state index >= 15 is 0 Å². The second kappa shape index (κ2) is 6.74. The van der Waals surface area contributed by atoms with Gasteiger partial charge < -0.3 is 9.47 Å². The van der Waals surface area contributed by atoms with Crippen molar-refractivity contribution in [1.29, 1.82) is 0 Å². The molecule has 0 aliphatic rings. The molecule has 1 aromatic rings. The molecule has 0 saturated carbocycles. The van der Waals surface area contributed by atoms with Crippen LogP contribution in [-0.2, 0) is 9.47 Å². The van der Waals surface area contributed by atoms with Crippen molar-refractivity contribution in [1.82, 2.24) is 0 Å². The number of carbonyl (C=O) groups excluding carboxylic acids is 2. The highest BCUT2D eigenvalue weighted by atomic mass is 16.6. The molecule has 0 amide bonds. The molecule has 0 bridgehead atoms. The van der Waals surface area contributed by atoms with Crippen molar-refractivity contribution >= 4 is 11.9 Å². The Hall–Kier alpha value is -1.84. The Kier molecular flexibility index (Phi) is 5.53. The summed E-state index contributed by atoms with van der Waals surface area (Å²) in [5, 5.41) is 0. The van der Waals surface area contributed by atoms with E-state index < -0.39 is 5.60 Å². The smallest absolute Gasteiger partial charge is 0.338 e. The zero-order valence-electron chi connectivity index (χ0n) is 13.6. The summed E-state index contributed by atoms with van der Waals surface area (Å²) in [6, 6.07) is 4.85. The number of rotatable bonds is 4. The van der Waals surface area contributed by atoms with Gasteiger partial charge in [0, 0.05) is 0 Å². The van der Waals surface area contributed by atoms with E-state index in [1.54, 1.807) is 25.1 Å². The molecule has 0 spiro atoms. The van der Waals surface area contributed by atoms with Crippen molar-refractivity contribution in [2.75, 3.05) is 6.61 Å². The quantitative estimate of drug-likeness (QED) is 0.793. The van der Waals surface area contributed by atoms with Gasteiger partial charge in [-0.3, -0.25) is 0 Å². The van der Waals surface area contributed by atoms with Crippen LogP contribution in [0.5, 0.6) is 0 Å². The summed E-state index contributed by atoms with van der Waals surface area (Å²) in [7, 11) is 0. The molecule has 4 nitrogen and oxygen atoms in total. The minimum absolute atomic E-state index is 0.288. The van der Waals surface area contributed by atoms with Gasteiger partial charge in [-0.25, -0.2) is 9.59 Å². The van der Waals surface area contributed by atoms with Crippen molar-refractivity contribution in [2.24, 2.45) is 5.92 Å². The highest BCUT2D eigenvalue weighted by Crippen LogP contribution is 2.17. The van der Waals surface area contributed by atoms with Gasteiger partial charge in [-0.1, -0.05) is 13.8 Å². The van der Waals surface area contributed by atoms with Gasteiger partial charge >= 0.3 is 11.9 Å². The average molecular weight is 292 g/mol. The predicted octanol–water partition coefficient (Wildman–Crippen LogP) is 3.76. The molecular formula is C17H24O4. The molecule has 0 heterocycles. The molecule has 116 valence electrons. The number of carbonyl (C=O) groups is 2. The highest BCUT2D eigenvalue weighted by molar-refractivity contribution is 5.94. The molecule has 0 fully saturated rings. The maximum Gasteiger partial charge on any atom is 0.338 e. The van der Waals surface area contributed by atoms with Crippen molar-refractivity contribution < 1.29 is 19.1 Å². The first kappa shape index (κ1) is 17.2. The zero-order chi connectivity index (χ0) is 16.2. The summed E-state index contributed by atoms with van der Waals surface area (Å²) < 4.78 is 10.5. The third kappa shape index (κ3) is 5.58. The zero-order valence-corrected chi connectivity index (χ0v) is 13.6. The van der Waals surface area contributed by atoms with E-state index in [0.29, 0.717) is 23.3 Å². The maximum absolute atomic E-state index is 12.0. The molecule has 1 rings (SSSR count). The summed E-state index contributed by atoms with van der Waals surface area (Å²) in [6.07, 6.45) is 0. The highest BCUT2D eigenvalue weighted by Gasteiger charge is 2.20. The fraction of sp³-hybridized carbons (Fsp3) is 0.529. The number of ether oxygens (including phenoxy) is 2. The first-order valence-corrected chi connectivity index (χ1v) is 7.11. The number of hydrogen-bond donors (Lipinski definition) is 0. The van der Waals surface area contributed by atoms with Crippen LogP contribution < -0.4 is 0 Å². The van der Waals surface area contributed by atoms with Crippen molar-refractivity contribution in [3.8, 4) is 0 Å². The lowest BCUT2D eigenvalue weighted by molar-refractivity contribution is 0.00681. The van der Waals surface area contributed by atoms with Crippen LogP contribution in [0.4, 0.5) is 0 Å². The van der Waals surface area contributed by atoms with Crippen LogP contribution in [0.2, 0.25) is 0 Å². The third-order valence-corrected chi connectivity index (χ3v) is 2.63. The Bertz CT molecular complexity index is 524. The summed E-state index contributed by atoms with van der Waals surface area (Å²) in [6.45, 7) is 11.6. The van der Waals surface area contributed by atoms with Crippen molar-refractivity contribution in [2.45, 2.75) is 47.1 Å². The number of hydrogen-bond acceptors (Lipinski definition) is 4. The molecule has 0 N–H and O–H groups in total. The fourth-order valence-electron chi connectivity index (χ4n) is 1.68. The van der Waals surface area contributed by atoms with E-state index in [4.69, 9.17) is 9.47 Å². The molecule has 0 atom stereocenters. The Morgan fingerprint density at radius 3 is 2.24 bits per heavy atom. The van der Waals surface area contributed by atoms with Crippen LogP contribution in [0.25, 0.3) is 0 Å². The second-order valence-corrected chi connectivity index (χ2v) is 6.52. The SMILES string of the molecule is Cc1cc(C(=O)OCC(C)C)ccc1C(=O)OC(C)(C)C. The molecule has 0 unspecified atom stereocenters. The standard InChI is InChI=1S/C17H24O4/c1-11(2)10-20-15(18)13-7-8-14(12(3)9-13)16(19)21-17(4,5)6/h7-9,11H,10H2,1-6H3. The minimum atomic E-state index is -0.543. The van der Waals surface area contributed by atoms with Crippen LogP contribution >= 0.6 is 0 Å². The van der Waals surface area contributed by atoms with Gasteiger partial charge in [0.2, 0.25) is 0 Å². The molecule has 0 saturated heterocycles. The van der Waals surface area contributed by atoms with Gasteiger partial charge in [0.15, 0.2) is 0 Å². The molecule has 1 aromatic carbocycles. The average Bonchev–Trinajstić information content (AvgIpc) is 2.33. The van der Waals surface area contributed by atoms with E-state index in [2.05, 4.69) is 0 Å². The van der Waals surface area contributed by atoms with Gasteiger partial charge in [-0.05, 0) is 57.4 Å². The molecule has 21 heavy (non-hydrogen) atoms. The fourth-order valence-corrected chi connectivity index (χ4v) is 1.68. The summed E-state index contributed by atoms with van der Waals surface area (Å²) in [5.41, 5.74) is 1.06. The molecule has 0 aliphatic carbocycles. The summed E-state index contributed by atoms with van der Waals surface area (Å²) >= 11 is 0. The first-order chi connectivity index (χ1) is 9.60. The first-order valence-electron chi connectivity index (χ1n) is 7.11. The van der Waals surface area contributed by atoms with Gasteiger partial charge in [-0.15, -0.1) is 0 Å². The minimum Gasteiger partial charge on any atom is -0.462 e. The number of aryl methyl sites for hydroxylation is 1. The normalized spacial score (nSPS) is 11.4. The lowest BCUT2D eigenvalue weighted by Crippen LogP contribution is -2.24. The van der Waals surface area contributed by atoms with E-state index in [1.165, 1.54) is 0 Å².